The largest absolute Gasteiger partial charge is 0.481 e. The second-order valence-electron chi connectivity index (χ2n) is 5.81. The Morgan fingerprint density at radius 1 is 1.14 bits per heavy atom. The van der Waals surface area contributed by atoms with Gasteiger partial charge >= 0.3 is 12.1 Å². The summed E-state index contributed by atoms with van der Waals surface area (Å²) in [6.45, 7) is 0.269. The number of fused-ring (bicyclic) bond motifs is 1. The van der Waals surface area contributed by atoms with Crippen LogP contribution < -0.4 is 9.64 Å². The maximum absolute atomic E-state index is 12.8. The van der Waals surface area contributed by atoms with Crippen molar-refractivity contribution in [1.82, 2.24) is 9.97 Å². The highest BCUT2D eigenvalue weighted by atomic mass is 35.5. The van der Waals surface area contributed by atoms with Gasteiger partial charge in [0, 0.05) is 18.0 Å². The number of aliphatic carboxylic acids is 1. The number of nitrogens with zero attached hydrogens (tertiary/aromatic N) is 3. The molecule has 0 saturated carbocycles. The van der Waals surface area contributed by atoms with Crippen molar-refractivity contribution in [1.29, 1.82) is 0 Å². The fourth-order valence-electron chi connectivity index (χ4n) is 2.45. The first-order valence-electron chi connectivity index (χ1n) is 8.35. The lowest BCUT2D eigenvalue weighted by molar-refractivity contribution is -0.137. The van der Waals surface area contributed by atoms with E-state index >= 15 is 0 Å². The number of carboxylic acid groups (broad SMARTS) is 1. The zero-order valence-corrected chi connectivity index (χ0v) is 17.0. The Morgan fingerprint density at radius 3 is 2.61 bits per heavy atom. The highest BCUT2D eigenvalue weighted by molar-refractivity contribution is 7.82. The molecule has 10 heteroatoms. The molecule has 2 heterocycles. The molecule has 0 fully saturated rings. The lowest BCUT2D eigenvalue weighted by atomic mass is 10.2. The summed E-state index contributed by atoms with van der Waals surface area (Å²) in [5.41, 5.74) is 0.690. The number of hydrogen-bond acceptors (Lipinski definition) is 7. The van der Waals surface area contributed by atoms with Gasteiger partial charge in [-0.25, -0.2) is 14.8 Å². The van der Waals surface area contributed by atoms with Crippen molar-refractivity contribution in [3.63, 3.8) is 0 Å². The number of ether oxygens (including phenoxy) is 1. The van der Waals surface area contributed by atoms with E-state index in [2.05, 4.69) is 22.6 Å². The van der Waals surface area contributed by atoms with Crippen LogP contribution in [0.5, 0.6) is 5.75 Å². The lowest BCUT2D eigenvalue weighted by Gasteiger charge is -2.21. The van der Waals surface area contributed by atoms with Crippen LogP contribution in [0, 0.1) is 0 Å². The van der Waals surface area contributed by atoms with Gasteiger partial charge in [0.25, 0.3) is 0 Å². The zero-order valence-electron chi connectivity index (χ0n) is 14.5. The lowest BCUT2D eigenvalue weighted by Crippen LogP contribution is -2.35. The van der Waals surface area contributed by atoms with Gasteiger partial charge in [-0.1, -0.05) is 22.9 Å². The van der Waals surface area contributed by atoms with Crippen LogP contribution in [0.25, 0.3) is 10.3 Å². The number of thiol groups is 1. The number of benzene rings is 1. The molecule has 28 heavy (non-hydrogen) atoms. The molecule has 0 aliphatic rings. The topological polar surface area (TPSA) is 92.6 Å². The number of carbonyl (C=O) groups excluding carboxylic acids is 1. The minimum atomic E-state index is -0.874. The molecule has 1 N–H and O–H groups in total. The van der Waals surface area contributed by atoms with E-state index in [9.17, 15) is 9.59 Å². The summed E-state index contributed by atoms with van der Waals surface area (Å²) >= 11 is 11.4. The number of unbranched alkanes of at least 4 members (excludes halogenated alkanes) is 1. The first-order chi connectivity index (χ1) is 13.4. The Hall–Kier alpha value is -2.36. The molecule has 1 aromatic carbocycles. The van der Waals surface area contributed by atoms with Crippen LogP contribution in [0.3, 0.4) is 0 Å². The van der Waals surface area contributed by atoms with E-state index in [1.54, 1.807) is 36.4 Å². The van der Waals surface area contributed by atoms with Gasteiger partial charge in [0.05, 0.1) is 0 Å². The normalized spacial score (nSPS) is 10.8. The Bertz CT molecular complexity index is 994. The van der Waals surface area contributed by atoms with Crippen LogP contribution in [0.4, 0.5) is 10.6 Å². The van der Waals surface area contributed by atoms with Crippen LogP contribution in [0.15, 0.2) is 40.7 Å². The molecule has 3 rings (SSSR count). The molecule has 3 aromatic rings. The molecule has 0 spiro atoms. The summed E-state index contributed by atoms with van der Waals surface area (Å²) in [7, 11) is 0. The molecule has 1 amide bonds. The smallest absolute Gasteiger partial charge is 0.420 e. The van der Waals surface area contributed by atoms with Crippen LogP contribution in [-0.2, 0) is 4.79 Å². The molecule has 0 bridgehead atoms. The van der Waals surface area contributed by atoms with E-state index in [-0.39, 0.29) is 13.0 Å². The Labute approximate surface area is 175 Å². The number of carboxylic acids is 1. The van der Waals surface area contributed by atoms with E-state index in [4.69, 9.17) is 21.4 Å². The number of amides is 1. The van der Waals surface area contributed by atoms with Crippen molar-refractivity contribution >= 4 is 63.8 Å². The van der Waals surface area contributed by atoms with E-state index in [0.29, 0.717) is 44.1 Å². The fourth-order valence-corrected chi connectivity index (χ4v) is 3.62. The van der Waals surface area contributed by atoms with Crippen LogP contribution in [0.2, 0.25) is 5.02 Å². The summed E-state index contributed by atoms with van der Waals surface area (Å²) in [5.74, 6) is -0.124. The first kappa shape index (κ1) is 20.4. The standard InChI is InChI=1S/C18H16ClN3O4S2/c19-11-4-6-12(7-5-11)26-18(25)22(10-2-1-3-15(23)24)14-9-8-13-16(21-14)28-17(27)20-13/h4-9H,1-3,10H2,(H,20,27)(H,23,24). The zero-order chi connectivity index (χ0) is 20.1. The number of thiazole rings is 1. The van der Waals surface area contributed by atoms with Crippen molar-refractivity contribution in [3.8, 4) is 5.75 Å². The number of pyridine rings is 1. The number of anilines is 1. The third-order valence-corrected chi connectivity index (χ3v) is 5.16. The Kier molecular flexibility index (Phi) is 6.71. The van der Waals surface area contributed by atoms with Crippen molar-refractivity contribution < 1.29 is 19.4 Å². The Balaban J connectivity index is 1.80. The first-order valence-corrected chi connectivity index (χ1v) is 10.00. The van der Waals surface area contributed by atoms with Gasteiger partial charge in [0.15, 0.2) is 0 Å². The number of aromatic nitrogens is 2. The predicted molar refractivity (Wildman–Crippen MR) is 111 cm³/mol. The average Bonchev–Trinajstić information content (AvgIpc) is 3.02. The van der Waals surface area contributed by atoms with E-state index in [1.165, 1.54) is 16.2 Å². The van der Waals surface area contributed by atoms with Crippen molar-refractivity contribution in [2.75, 3.05) is 11.4 Å². The molecular weight excluding hydrogens is 422 g/mol. The van der Waals surface area contributed by atoms with Crippen molar-refractivity contribution in [2.45, 2.75) is 23.6 Å². The molecule has 0 atom stereocenters. The van der Waals surface area contributed by atoms with Gasteiger partial charge in [-0.3, -0.25) is 9.69 Å². The van der Waals surface area contributed by atoms with E-state index < -0.39 is 12.1 Å². The molecule has 0 radical (unpaired) electrons. The van der Waals surface area contributed by atoms with Gasteiger partial charge in [-0.05, 0) is 49.2 Å². The fraction of sp³-hybridized carbons (Fsp3) is 0.222. The highest BCUT2D eigenvalue weighted by Crippen LogP contribution is 2.26. The molecule has 2 aromatic heterocycles. The second kappa shape index (κ2) is 9.22. The van der Waals surface area contributed by atoms with Gasteiger partial charge < -0.3 is 9.84 Å². The molecule has 146 valence electrons. The average molecular weight is 438 g/mol. The maximum Gasteiger partial charge on any atom is 0.420 e. The summed E-state index contributed by atoms with van der Waals surface area (Å²) < 4.78 is 6.01. The van der Waals surface area contributed by atoms with Gasteiger partial charge in [0.2, 0.25) is 0 Å². The van der Waals surface area contributed by atoms with Crippen LogP contribution in [-0.4, -0.2) is 33.7 Å². The third kappa shape index (κ3) is 5.34. The monoisotopic (exact) mass is 437 g/mol. The molecule has 0 aliphatic carbocycles. The van der Waals surface area contributed by atoms with Gasteiger partial charge in [-0.15, -0.1) is 12.6 Å². The number of hydrogen-bond donors (Lipinski definition) is 2. The van der Waals surface area contributed by atoms with E-state index in [1.807, 2.05) is 0 Å². The quantitative estimate of drug-likeness (QED) is 0.403. The van der Waals surface area contributed by atoms with Crippen LogP contribution in [0.1, 0.15) is 19.3 Å². The maximum atomic E-state index is 12.8. The highest BCUT2D eigenvalue weighted by Gasteiger charge is 2.20. The summed E-state index contributed by atoms with van der Waals surface area (Å²) in [6.07, 6.45) is 0.344. The third-order valence-electron chi connectivity index (χ3n) is 3.77. The summed E-state index contributed by atoms with van der Waals surface area (Å²) in [4.78, 5) is 34.2. The predicted octanol–water partition coefficient (Wildman–Crippen LogP) is 4.89. The summed E-state index contributed by atoms with van der Waals surface area (Å²) in [6, 6.07) is 9.86. The minimum Gasteiger partial charge on any atom is -0.481 e. The Morgan fingerprint density at radius 2 is 1.89 bits per heavy atom. The molecule has 0 saturated heterocycles. The van der Waals surface area contributed by atoms with Gasteiger partial charge in [-0.2, -0.15) is 0 Å². The van der Waals surface area contributed by atoms with Crippen molar-refractivity contribution in [3.05, 3.63) is 41.4 Å². The molecule has 0 aliphatic heterocycles. The second-order valence-corrected chi connectivity index (χ2v) is 7.95. The van der Waals surface area contributed by atoms with Crippen molar-refractivity contribution in [2.24, 2.45) is 0 Å². The SMILES string of the molecule is O=C(O)CCCCN(C(=O)Oc1ccc(Cl)cc1)c1ccc2nc(S)sc2n1. The number of carbonyl (C=O) groups is 2. The molecular formula is C18H16ClN3O4S2. The number of rotatable bonds is 7. The summed E-state index contributed by atoms with van der Waals surface area (Å²) in [5, 5.41) is 9.33. The molecule has 7 nitrogen and oxygen atoms in total. The number of halogens is 1. The van der Waals surface area contributed by atoms with E-state index in [0.717, 1.165) is 0 Å². The molecule has 0 unspecified atom stereocenters. The minimum absolute atomic E-state index is 0.0321. The van der Waals surface area contributed by atoms with Gasteiger partial charge in [0.1, 0.15) is 26.3 Å². The van der Waals surface area contributed by atoms with Crippen LogP contribution >= 0.6 is 35.6 Å².